The number of ether oxygens (including phenoxy) is 2. The highest BCUT2D eigenvalue weighted by molar-refractivity contribution is 6.32. The van der Waals surface area contributed by atoms with Gasteiger partial charge in [-0.25, -0.2) is 9.97 Å². The molecule has 0 atom stereocenters. The Morgan fingerprint density at radius 3 is 2.59 bits per heavy atom. The Labute approximate surface area is 132 Å². The molecule has 1 aromatic heterocycles. The van der Waals surface area contributed by atoms with E-state index in [2.05, 4.69) is 15.3 Å². The maximum Gasteiger partial charge on any atom is 0.141 e. The summed E-state index contributed by atoms with van der Waals surface area (Å²) in [5.41, 5.74) is 1.64. The van der Waals surface area contributed by atoms with E-state index in [0.29, 0.717) is 16.6 Å². The number of hydrogen-bond acceptors (Lipinski definition) is 5. The first-order chi connectivity index (χ1) is 10.7. The maximum atomic E-state index is 6.14. The van der Waals surface area contributed by atoms with E-state index in [4.69, 9.17) is 21.1 Å². The predicted octanol–water partition coefficient (Wildman–Crippen LogP) is 4.04. The molecule has 0 unspecified atom stereocenters. The second kappa shape index (κ2) is 6.07. The number of anilines is 2. The van der Waals surface area contributed by atoms with Crippen molar-refractivity contribution in [3.63, 3.8) is 0 Å². The summed E-state index contributed by atoms with van der Waals surface area (Å²) in [5.74, 6) is 2.06. The quantitative estimate of drug-likeness (QED) is 0.787. The fraction of sp³-hybridized carbons (Fsp3) is 0.125. The summed E-state index contributed by atoms with van der Waals surface area (Å²) in [7, 11) is 3.21. The number of aromatic nitrogens is 2. The summed E-state index contributed by atoms with van der Waals surface area (Å²) in [5, 5.41) is 4.64. The number of nitrogens with one attached hydrogen (secondary N) is 1. The maximum absolute atomic E-state index is 6.14. The summed E-state index contributed by atoms with van der Waals surface area (Å²) in [4.78, 5) is 8.55. The first-order valence-corrected chi connectivity index (χ1v) is 6.98. The number of nitrogens with zero attached hydrogens (tertiary/aromatic N) is 2. The highest BCUT2D eigenvalue weighted by Crippen LogP contribution is 2.31. The van der Waals surface area contributed by atoms with Crippen LogP contribution in [-0.4, -0.2) is 24.2 Å². The Kier molecular flexibility index (Phi) is 3.98. The van der Waals surface area contributed by atoms with Crippen LogP contribution in [0, 0.1) is 0 Å². The molecule has 0 aliphatic heterocycles. The second-order valence-corrected chi connectivity index (χ2v) is 4.99. The number of methoxy groups -OCH3 is 2. The molecule has 0 saturated heterocycles. The lowest BCUT2D eigenvalue weighted by molar-refractivity contribution is 0.415. The van der Waals surface area contributed by atoms with E-state index in [1.54, 1.807) is 26.4 Å². The van der Waals surface area contributed by atoms with Crippen LogP contribution in [0.1, 0.15) is 0 Å². The first kappa shape index (κ1) is 14.4. The lowest BCUT2D eigenvalue weighted by Gasteiger charge is -2.11. The van der Waals surface area contributed by atoms with Crippen LogP contribution in [0.25, 0.3) is 10.9 Å². The molecule has 0 spiro atoms. The molecule has 0 fully saturated rings. The van der Waals surface area contributed by atoms with E-state index in [1.165, 1.54) is 6.33 Å². The molecule has 1 heterocycles. The van der Waals surface area contributed by atoms with Crippen molar-refractivity contribution in [1.82, 2.24) is 9.97 Å². The van der Waals surface area contributed by atoms with Gasteiger partial charge in [0.2, 0.25) is 0 Å². The van der Waals surface area contributed by atoms with Crippen LogP contribution in [0.2, 0.25) is 5.02 Å². The van der Waals surface area contributed by atoms with Crippen LogP contribution in [0.3, 0.4) is 0 Å². The van der Waals surface area contributed by atoms with Gasteiger partial charge in [0, 0.05) is 11.1 Å². The van der Waals surface area contributed by atoms with Gasteiger partial charge in [-0.2, -0.15) is 0 Å². The van der Waals surface area contributed by atoms with Gasteiger partial charge in [0.15, 0.2) is 0 Å². The molecule has 3 aromatic rings. The van der Waals surface area contributed by atoms with Crippen molar-refractivity contribution in [2.45, 2.75) is 0 Å². The van der Waals surface area contributed by atoms with Crippen LogP contribution >= 0.6 is 11.6 Å². The topological polar surface area (TPSA) is 56.3 Å². The summed E-state index contributed by atoms with van der Waals surface area (Å²) in [6.07, 6.45) is 1.52. The molecule has 0 radical (unpaired) electrons. The third-order valence-electron chi connectivity index (χ3n) is 3.26. The minimum absolute atomic E-state index is 0.531. The van der Waals surface area contributed by atoms with E-state index in [0.717, 1.165) is 22.3 Å². The van der Waals surface area contributed by atoms with Crippen LogP contribution in [0.4, 0.5) is 11.5 Å². The first-order valence-electron chi connectivity index (χ1n) is 6.60. The standard InChI is InChI=1S/C16H14ClN3O2/c1-21-11-4-5-14-12(8-11)16(19-9-18-14)20-10-3-6-15(22-2)13(17)7-10/h3-9H,1-2H3,(H,18,19,20). The third-order valence-corrected chi connectivity index (χ3v) is 3.55. The lowest BCUT2D eigenvalue weighted by Crippen LogP contribution is -1.97. The number of rotatable bonds is 4. The molecular weight excluding hydrogens is 302 g/mol. The Bertz CT molecular complexity index is 824. The molecule has 6 heteroatoms. The van der Waals surface area contributed by atoms with Crippen LogP contribution in [0.15, 0.2) is 42.7 Å². The summed E-state index contributed by atoms with van der Waals surface area (Å²) >= 11 is 6.14. The molecule has 2 aromatic carbocycles. The van der Waals surface area contributed by atoms with Crippen molar-refractivity contribution in [2.24, 2.45) is 0 Å². The molecule has 0 saturated carbocycles. The molecule has 22 heavy (non-hydrogen) atoms. The molecule has 0 aliphatic carbocycles. The molecule has 0 amide bonds. The number of fused-ring (bicyclic) bond motifs is 1. The van der Waals surface area contributed by atoms with Gasteiger partial charge < -0.3 is 14.8 Å². The summed E-state index contributed by atoms with van der Waals surface area (Å²) in [6.45, 7) is 0. The van der Waals surface area contributed by atoms with Crippen molar-refractivity contribution < 1.29 is 9.47 Å². The molecule has 1 N–H and O–H groups in total. The van der Waals surface area contributed by atoms with E-state index in [1.807, 2.05) is 24.3 Å². The van der Waals surface area contributed by atoms with Crippen LogP contribution in [-0.2, 0) is 0 Å². The molecule has 0 bridgehead atoms. The summed E-state index contributed by atoms with van der Waals surface area (Å²) < 4.78 is 10.4. The summed E-state index contributed by atoms with van der Waals surface area (Å²) in [6, 6.07) is 11.1. The minimum Gasteiger partial charge on any atom is -0.497 e. The highest BCUT2D eigenvalue weighted by Gasteiger charge is 2.07. The molecule has 5 nitrogen and oxygen atoms in total. The Morgan fingerprint density at radius 1 is 1.00 bits per heavy atom. The molecule has 3 rings (SSSR count). The van der Waals surface area contributed by atoms with Crippen LogP contribution < -0.4 is 14.8 Å². The number of benzene rings is 2. The van der Waals surface area contributed by atoms with E-state index < -0.39 is 0 Å². The van der Waals surface area contributed by atoms with Crippen molar-refractivity contribution in [2.75, 3.05) is 19.5 Å². The van der Waals surface area contributed by atoms with Gasteiger partial charge in [-0.1, -0.05) is 11.6 Å². The van der Waals surface area contributed by atoms with Crippen molar-refractivity contribution in [1.29, 1.82) is 0 Å². The van der Waals surface area contributed by atoms with Crippen LogP contribution in [0.5, 0.6) is 11.5 Å². The van der Waals surface area contributed by atoms with Gasteiger partial charge in [-0.15, -0.1) is 0 Å². The second-order valence-electron chi connectivity index (χ2n) is 4.58. The predicted molar refractivity (Wildman–Crippen MR) is 87.4 cm³/mol. The Hall–Kier alpha value is -2.53. The largest absolute Gasteiger partial charge is 0.497 e. The zero-order valence-electron chi connectivity index (χ0n) is 12.1. The van der Waals surface area contributed by atoms with Crippen molar-refractivity contribution >= 4 is 34.0 Å². The van der Waals surface area contributed by atoms with E-state index in [-0.39, 0.29) is 0 Å². The van der Waals surface area contributed by atoms with Gasteiger partial charge >= 0.3 is 0 Å². The Balaban J connectivity index is 2.01. The molecule has 112 valence electrons. The van der Waals surface area contributed by atoms with E-state index in [9.17, 15) is 0 Å². The number of hydrogen-bond donors (Lipinski definition) is 1. The normalized spacial score (nSPS) is 10.5. The fourth-order valence-corrected chi connectivity index (χ4v) is 2.40. The Morgan fingerprint density at radius 2 is 1.86 bits per heavy atom. The van der Waals surface area contributed by atoms with Gasteiger partial charge in [0.1, 0.15) is 23.6 Å². The SMILES string of the molecule is COc1ccc2ncnc(Nc3ccc(OC)c(Cl)c3)c2c1. The average Bonchev–Trinajstić information content (AvgIpc) is 2.55. The lowest BCUT2D eigenvalue weighted by atomic mass is 10.2. The highest BCUT2D eigenvalue weighted by atomic mass is 35.5. The third kappa shape index (κ3) is 2.76. The number of halogens is 1. The van der Waals surface area contributed by atoms with Gasteiger partial charge in [0.25, 0.3) is 0 Å². The van der Waals surface area contributed by atoms with Gasteiger partial charge in [-0.3, -0.25) is 0 Å². The average molecular weight is 316 g/mol. The minimum atomic E-state index is 0.531. The zero-order valence-corrected chi connectivity index (χ0v) is 12.9. The van der Waals surface area contributed by atoms with Gasteiger partial charge in [0.05, 0.1) is 24.8 Å². The van der Waals surface area contributed by atoms with Crippen molar-refractivity contribution in [3.8, 4) is 11.5 Å². The monoisotopic (exact) mass is 315 g/mol. The smallest absolute Gasteiger partial charge is 0.141 e. The fourth-order valence-electron chi connectivity index (χ4n) is 2.14. The van der Waals surface area contributed by atoms with Gasteiger partial charge in [-0.05, 0) is 36.4 Å². The molecule has 0 aliphatic rings. The molecular formula is C16H14ClN3O2. The van der Waals surface area contributed by atoms with Crippen molar-refractivity contribution in [3.05, 3.63) is 47.7 Å². The van der Waals surface area contributed by atoms with E-state index >= 15 is 0 Å². The zero-order chi connectivity index (χ0) is 15.5.